The van der Waals surface area contributed by atoms with Crippen molar-refractivity contribution in [3.8, 4) is 0 Å². The first-order valence-electron chi connectivity index (χ1n) is 6.88. The third kappa shape index (κ3) is 4.42. The molecule has 0 atom stereocenters. The van der Waals surface area contributed by atoms with E-state index >= 15 is 0 Å². The lowest BCUT2D eigenvalue weighted by Gasteiger charge is -2.11. The molecule has 0 saturated carbocycles. The molecule has 0 unspecified atom stereocenters. The van der Waals surface area contributed by atoms with Crippen molar-refractivity contribution >= 4 is 34.9 Å². The van der Waals surface area contributed by atoms with E-state index in [4.69, 9.17) is 11.6 Å². The molecular weight excluding hydrogens is 361 g/mol. The molecule has 9 heteroatoms. The first-order valence-corrected chi connectivity index (χ1v) is 7.26. The largest absolute Gasteiger partial charge is 0.465 e. The number of anilines is 2. The van der Waals surface area contributed by atoms with Crippen LogP contribution in [0.4, 0.5) is 24.5 Å². The number of carbonyl (C=O) groups excluding carboxylic acids is 2. The molecule has 1 amide bonds. The van der Waals surface area contributed by atoms with Crippen molar-refractivity contribution in [2.24, 2.45) is 0 Å². The van der Waals surface area contributed by atoms with Crippen molar-refractivity contribution in [2.75, 3.05) is 24.3 Å². The van der Waals surface area contributed by atoms with Crippen molar-refractivity contribution in [3.63, 3.8) is 0 Å². The summed E-state index contributed by atoms with van der Waals surface area (Å²) in [5, 5.41) is 4.92. The van der Waals surface area contributed by atoms with Crippen LogP contribution in [0.5, 0.6) is 0 Å². The van der Waals surface area contributed by atoms with Gasteiger partial charge in [-0.15, -0.1) is 0 Å². The Morgan fingerprint density at radius 1 is 1.08 bits per heavy atom. The molecule has 5 nitrogen and oxygen atoms in total. The van der Waals surface area contributed by atoms with Gasteiger partial charge in [-0.05, 0) is 30.3 Å². The molecule has 0 radical (unpaired) electrons. The minimum absolute atomic E-state index is 0.141. The van der Waals surface area contributed by atoms with E-state index in [1.165, 1.54) is 25.3 Å². The van der Waals surface area contributed by atoms with Crippen LogP contribution >= 0.6 is 11.6 Å². The van der Waals surface area contributed by atoms with Crippen LogP contribution in [0.1, 0.15) is 10.4 Å². The van der Waals surface area contributed by atoms with Crippen LogP contribution in [0.3, 0.4) is 0 Å². The second-order valence-corrected chi connectivity index (χ2v) is 5.22. The molecule has 0 heterocycles. The SMILES string of the molecule is COC(=O)c1ccc(Cl)c(NC(=O)CNc2ccc(F)c(F)c2F)c1. The van der Waals surface area contributed by atoms with Crippen molar-refractivity contribution in [3.05, 3.63) is 58.4 Å². The number of nitrogens with one attached hydrogen (secondary N) is 2. The zero-order valence-corrected chi connectivity index (χ0v) is 13.6. The summed E-state index contributed by atoms with van der Waals surface area (Å²) in [6.45, 7) is -0.444. The fourth-order valence-corrected chi connectivity index (χ4v) is 2.06. The van der Waals surface area contributed by atoms with Gasteiger partial charge in [0.1, 0.15) is 0 Å². The number of methoxy groups -OCH3 is 1. The topological polar surface area (TPSA) is 67.4 Å². The highest BCUT2D eigenvalue weighted by Gasteiger charge is 2.15. The molecule has 0 aliphatic heterocycles. The van der Waals surface area contributed by atoms with E-state index in [0.717, 1.165) is 12.1 Å². The number of rotatable bonds is 5. The van der Waals surface area contributed by atoms with Gasteiger partial charge in [-0.25, -0.2) is 18.0 Å². The molecule has 0 fully saturated rings. The number of hydrogen-bond donors (Lipinski definition) is 2. The van der Waals surface area contributed by atoms with Gasteiger partial charge in [0.15, 0.2) is 17.5 Å². The van der Waals surface area contributed by atoms with Gasteiger partial charge in [-0.3, -0.25) is 4.79 Å². The average molecular weight is 373 g/mol. The molecule has 2 aromatic carbocycles. The lowest BCUT2D eigenvalue weighted by molar-refractivity contribution is -0.114. The second kappa shape index (κ2) is 7.89. The molecule has 25 heavy (non-hydrogen) atoms. The molecule has 0 bridgehead atoms. The first kappa shape index (κ1) is 18.6. The number of benzene rings is 2. The van der Waals surface area contributed by atoms with Crippen LogP contribution in [0.15, 0.2) is 30.3 Å². The summed E-state index contributed by atoms with van der Waals surface area (Å²) in [6, 6.07) is 5.82. The van der Waals surface area contributed by atoms with Crippen LogP contribution in [-0.4, -0.2) is 25.5 Å². The Kier molecular flexibility index (Phi) is 5.87. The number of halogens is 4. The van der Waals surface area contributed by atoms with Gasteiger partial charge in [0.25, 0.3) is 0 Å². The normalized spacial score (nSPS) is 10.3. The minimum atomic E-state index is -1.64. The van der Waals surface area contributed by atoms with Gasteiger partial charge in [0.05, 0.1) is 35.6 Å². The summed E-state index contributed by atoms with van der Waals surface area (Å²) in [4.78, 5) is 23.4. The summed E-state index contributed by atoms with van der Waals surface area (Å²) >= 11 is 5.93. The zero-order valence-electron chi connectivity index (χ0n) is 12.8. The molecule has 0 saturated heterocycles. The summed E-state index contributed by atoms with van der Waals surface area (Å²) in [5.74, 6) is -5.67. The number of carbonyl (C=O) groups is 2. The average Bonchev–Trinajstić information content (AvgIpc) is 2.60. The molecule has 132 valence electrons. The highest BCUT2D eigenvalue weighted by atomic mass is 35.5. The zero-order chi connectivity index (χ0) is 18.6. The van der Waals surface area contributed by atoms with Crippen LogP contribution in [0.25, 0.3) is 0 Å². The smallest absolute Gasteiger partial charge is 0.337 e. The third-order valence-corrected chi connectivity index (χ3v) is 3.47. The Bertz CT molecular complexity index is 831. The second-order valence-electron chi connectivity index (χ2n) is 4.81. The fraction of sp³-hybridized carbons (Fsp3) is 0.125. The van der Waals surface area contributed by atoms with E-state index in [1.807, 2.05) is 0 Å². The molecule has 2 aromatic rings. The quantitative estimate of drug-likeness (QED) is 0.621. The van der Waals surface area contributed by atoms with Gasteiger partial charge < -0.3 is 15.4 Å². The Hall–Kier alpha value is -2.74. The number of esters is 1. The highest BCUT2D eigenvalue weighted by Crippen LogP contribution is 2.24. The molecule has 0 spiro atoms. The van der Waals surface area contributed by atoms with E-state index in [1.54, 1.807) is 0 Å². The number of hydrogen-bond acceptors (Lipinski definition) is 4. The highest BCUT2D eigenvalue weighted by molar-refractivity contribution is 6.33. The van der Waals surface area contributed by atoms with E-state index < -0.39 is 35.9 Å². The van der Waals surface area contributed by atoms with E-state index in [2.05, 4.69) is 15.4 Å². The summed E-state index contributed by atoms with van der Waals surface area (Å²) in [5.41, 5.74) is -0.0626. The summed E-state index contributed by atoms with van der Waals surface area (Å²) in [7, 11) is 1.20. The van der Waals surface area contributed by atoms with E-state index in [9.17, 15) is 22.8 Å². The van der Waals surface area contributed by atoms with Crippen molar-refractivity contribution in [1.29, 1.82) is 0 Å². The number of amides is 1. The lowest BCUT2D eigenvalue weighted by atomic mass is 10.2. The molecular formula is C16H12ClF3N2O3. The molecule has 0 aliphatic carbocycles. The van der Waals surface area contributed by atoms with Crippen LogP contribution in [-0.2, 0) is 9.53 Å². The van der Waals surface area contributed by atoms with Gasteiger partial charge in [-0.2, -0.15) is 0 Å². The Balaban J connectivity index is 2.06. The molecule has 2 rings (SSSR count). The molecule has 2 N–H and O–H groups in total. The van der Waals surface area contributed by atoms with Crippen molar-refractivity contribution in [2.45, 2.75) is 0 Å². The van der Waals surface area contributed by atoms with Gasteiger partial charge in [0, 0.05) is 0 Å². The van der Waals surface area contributed by atoms with Gasteiger partial charge in [0.2, 0.25) is 5.91 Å². The van der Waals surface area contributed by atoms with E-state index in [0.29, 0.717) is 0 Å². The maximum absolute atomic E-state index is 13.5. The predicted octanol–water partition coefficient (Wildman–Crippen LogP) is 3.59. The lowest BCUT2D eigenvalue weighted by Crippen LogP contribution is -2.22. The third-order valence-electron chi connectivity index (χ3n) is 3.14. The first-order chi connectivity index (χ1) is 11.8. The number of ether oxygens (including phenoxy) is 1. The van der Waals surface area contributed by atoms with Crippen LogP contribution in [0.2, 0.25) is 5.02 Å². The maximum Gasteiger partial charge on any atom is 0.337 e. The molecule has 0 aliphatic rings. The Morgan fingerprint density at radius 2 is 1.80 bits per heavy atom. The van der Waals surface area contributed by atoms with Gasteiger partial charge >= 0.3 is 5.97 Å². The fourth-order valence-electron chi connectivity index (χ4n) is 1.90. The van der Waals surface area contributed by atoms with Crippen molar-refractivity contribution in [1.82, 2.24) is 0 Å². The summed E-state index contributed by atoms with van der Waals surface area (Å²) in [6.07, 6.45) is 0. The van der Waals surface area contributed by atoms with Crippen LogP contribution < -0.4 is 10.6 Å². The Labute approximate surface area is 145 Å². The molecule has 0 aromatic heterocycles. The minimum Gasteiger partial charge on any atom is -0.465 e. The maximum atomic E-state index is 13.5. The van der Waals surface area contributed by atoms with Gasteiger partial charge in [-0.1, -0.05) is 11.6 Å². The monoisotopic (exact) mass is 372 g/mol. The summed E-state index contributed by atoms with van der Waals surface area (Å²) < 4.78 is 44.0. The Morgan fingerprint density at radius 3 is 2.48 bits per heavy atom. The van der Waals surface area contributed by atoms with E-state index in [-0.39, 0.29) is 22.0 Å². The standard InChI is InChI=1S/C16H12ClF3N2O3/c1-25-16(24)8-2-3-9(17)12(6-8)22-13(23)7-21-11-5-4-10(18)14(19)15(11)20/h2-6,21H,7H2,1H3,(H,22,23). The van der Waals surface area contributed by atoms with Crippen LogP contribution in [0, 0.1) is 17.5 Å². The van der Waals surface area contributed by atoms with Crippen molar-refractivity contribution < 1.29 is 27.5 Å². The predicted molar refractivity (Wildman–Crippen MR) is 86.2 cm³/mol.